The van der Waals surface area contributed by atoms with Gasteiger partial charge in [0.25, 0.3) is 5.89 Å². The van der Waals surface area contributed by atoms with Crippen LogP contribution in [-0.2, 0) is 0 Å². The summed E-state index contributed by atoms with van der Waals surface area (Å²) in [5.74, 6) is 0.900. The lowest BCUT2D eigenvalue weighted by atomic mass is 10.2. The van der Waals surface area contributed by atoms with Gasteiger partial charge in [0.1, 0.15) is 0 Å². The van der Waals surface area contributed by atoms with Crippen molar-refractivity contribution in [2.24, 2.45) is 0 Å². The summed E-state index contributed by atoms with van der Waals surface area (Å²) in [5, 5.41) is 4.52. The monoisotopic (exact) mass is 257 g/mol. The van der Waals surface area contributed by atoms with E-state index >= 15 is 0 Å². The van der Waals surface area contributed by atoms with Gasteiger partial charge in [-0.1, -0.05) is 28.9 Å². The molecule has 2 aromatic heterocycles. The first-order chi connectivity index (χ1) is 8.84. The smallest absolute Gasteiger partial charge is 0.259 e. The number of benzene rings is 1. The molecule has 0 aliphatic heterocycles. The molecule has 0 fully saturated rings. The fourth-order valence-electron chi connectivity index (χ4n) is 1.58. The molecule has 0 bridgehead atoms. The van der Waals surface area contributed by atoms with Gasteiger partial charge in [-0.2, -0.15) is 4.98 Å². The molecule has 0 spiro atoms. The van der Waals surface area contributed by atoms with Crippen LogP contribution >= 0.6 is 11.6 Å². The Balaban J connectivity index is 2.03. The van der Waals surface area contributed by atoms with Gasteiger partial charge in [0, 0.05) is 18.0 Å². The summed E-state index contributed by atoms with van der Waals surface area (Å²) in [4.78, 5) is 8.32. The predicted octanol–water partition coefficient (Wildman–Crippen LogP) is 3.45. The summed E-state index contributed by atoms with van der Waals surface area (Å²) in [6.07, 6.45) is 3.36. The van der Waals surface area contributed by atoms with Gasteiger partial charge in [-0.05, 0) is 24.3 Å². The second kappa shape index (κ2) is 4.58. The van der Waals surface area contributed by atoms with Crippen molar-refractivity contribution < 1.29 is 4.52 Å². The highest BCUT2D eigenvalue weighted by molar-refractivity contribution is 6.33. The molecule has 0 aliphatic rings. The summed E-state index contributed by atoms with van der Waals surface area (Å²) in [5.41, 5.74) is 1.53. The maximum Gasteiger partial charge on any atom is 0.259 e. The Morgan fingerprint density at radius 3 is 2.72 bits per heavy atom. The molecule has 0 aliphatic carbocycles. The summed E-state index contributed by atoms with van der Waals surface area (Å²) < 4.78 is 5.20. The zero-order valence-corrected chi connectivity index (χ0v) is 10.0. The van der Waals surface area contributed by atoms with Crippen LogP contribution in [0.3, 0.4) is 0 Å². The molecule has 5 heteroatoms. The van der Waals surface area contributed by atoms with E-state index in [2.05, 4.69) is 15.1 Å². The summed E-state index contributed by atoms with van der Waals surface area (Å²) in [7, 11) is 0. The molecule has 0 radical (unpaired) electrons. The maximum absolute atomic E-state index is 6.08. The van der Waals surface area contributed by atoms with E-state index in [-0.39, 0.29) is 0 Å². The molecule has 18 heavy (non-hydrogen) atoms. The van der Waals surface area contributed by atoms with Gasteiger partial charge in [0.15, 0.2) is 0 Å². The molecule has 2 heterocycles. The average molecular weight is 258 g/mol. The Morgan fingerprint density at radius 1 is 1.06 bits per heavy atom. The van der Waals surface area contributed by atoms with E-state index in [1.54, 1.807) is 18.5 Å². The Kier molecular flexibility index (Phi) is 2.78. The van der Waals surface area contributed by atoms with E-state index in [1.165, 1.54) is 0 Å². The molecular formula is C13H8ClN3O. The Bertz CT molecular complexity index is 667. The lowest BCUT2D eigenvalue weighted by Crippen LogP contribution is -1.82. The molecule has 0 saturated carbocycles. The van der Waals surface area contributed by atoms with Crippen LogP contribution in [0.15, 0.2) is 53.3 Å². The third kappa shape index (κ3) is 1.98. The fraction of sp³-hybridized carbons (Fsp3) is 0. The Morgan fingerprint density at radius 2 is 1.94 bits per heavy atom. The minimum atomic E-state index is 0.429. The molecule has 1 aromatic carbocycles. The normalized spacial score (nSPS) is 10.5. The van der Waals surface area contributed by atoms with Crippen LogP contribution in [0.5, 0.6) is 0 Å². The van der Waals surface area contributed by atoms with E-state index in [9.17, 15) is 0 Å². The first kappa shape index (κ1) is 10.9. The van der Waals surface area contributed by atoms with Crippen molar-refractivity contribution in [1.29, 1.82) is 0 Å². The van der Waals surface area contributed by atoms with E-state index in [1.807, 2.05) is 30.3 Å². The van der Waals surface area contributed by atoms with Crippen molar-refractivity contribution in [3.8, 4) is 22.8 Å². The lowest BCUT2D eigenvalue weighted by molar-refractivity contribution is 0.432. The fourth-order valence-corrected chi connectivity index (χ4v) is 1.80. The zero-order chi connectivity index (χ0) is 12.4. The van der Waals surface area contributed by atoms with Gasteiger partial charge in [0.2, 0.25) is 5.82 Å². The predicted molar refractivity (Wildman–Crippen MR) is 68.0 cm³/mol. The molecule has 0 amide bonds. The number of halogens is 1. The van der Waals surface area contributed by atoms with Gasteiger partial charge < -0.3 is 4.52 Å². The molecule has 3 aromatic rings. The molecule has 0 unspecified atom stereocenters. The quantitative estimate of drug-likeness (QED) is 0.706. The van der Waals surface area contributed by atoms with E-state index < -0.39 is 0 Å². The number of aromatic nitrogens is 3. The summed E-state index contributed by atoms with van der Waals surface area (Å²) in [6, 6.07) is 11.0. The summed E-state index contributed by atoms with van der Waals surface area (Å²) >= 11 is 6.08. The van der Waals surface area contributed by atoms with Crippen LogP contribution in [0.2, 0.25) is 5.02 Å². The number of pyridine rings is 1. The molecule has 3 rings (SSSR count). The number of hydrogen-bond donors (Lipinski definition) is 0. The standard InChI is InChI=1S/C13H8ClN3O/c14-11-6-2-1-5-10(11)12-16-13(18-17-12)9-4-3-7-15-8-9/h1-8H. The molecule has 0 saturated heterocycles. The van der Waals surface area contributed by atoms with Crippen molar-refractivity contribution in [2.45, 2.75) is 0 Å². The van der Waals surface area contributed by atoms with Crippen molar-refractivity contribution in [3.63, 3.8) is 0 Å². The van der Waals surface area contributed by atoms with Crippen LogP contribution in [0.4, 0.5) is 0 Å². The molecule has 0 atom stereocenters. The molecule has 0 N–H and O–H groups in total. The minimum Gasteiger partial charge on any atom is -0.334 e. The van der Waals surface area contributed by atoms with E-state index in [4.69, 9.17) is 16.1 Å². The van der Waals surface area contributed by atoms with Crippen LogP contribution in [0, 0.1) is 0 Å². The van der Waals surface area contributed by atoms with Crippen molar-refractivity contribution in [3.05, 3.63) is 53.8 Å². The first-order valence-electron chi connectivity index (χ1n) is 5.33. The highest BCUT2D eigenvalue weighted by Crippen LogP contribution is 2.27. The SMILES string of the molecule is Clc1ccccc1-c1noc(-c2cccnc2)n1. The topological polar surface area (TPSA) is 51.8 Å². The third-order valence-corrected chi connectivity index (χ3v) is 2.78. The number of nitrogens with zero attached hydrogens (tertiary/aromatic N) is 3. The van der Waals surface area contributed by atoms with Crippen LogP contribution in [0.25, 0.3) is 22.8 Å². The zero-order valence-electron chi connectivity index (χ0n) is 9.25. The minimum absolute atomic E-state index is 0.429. The van der Waals surface area contributed by atoms with Crippen molar-refractivity contribution in [1.82, 2.24) is 15.1 Å². The third-order valence-electron chi connectivity index (χ3n) is 2.45. The van der Waals surface area contributed by atoms with Crippen molar-refractivity contribution >= 4 is 11.6 Å². The number of hydrogen-bond acceptors (Lipinski definition) is 4. The Hall–Kier alpha value is -2.20. The molecule has 4 nitrogen and oxygen atoms in total. The highest BCUT2D eigenvalue weighted by Gasteiger charge is 2.12. The lowest BCUT2D eigenvalue weighted by Gasteiger charge is -1.96. The van der Waals surface area contributed by atoms with Crippen LogP contribution < -0.4 is 0 Å². The highest BCUT2D eigenvalue weighted by atomic mass is 35.5. The second-order valence-corrected chi connectivity index (χ2v) is 4.05. The van der Waals surface area contributed by atoms with Crippen molar-refractivity contribution in [2.75, 3.05) is 0 Å². The molecule has 88 valence electrons. The van der Waals surface area contributed by atoms with Gasteiger partial charge in [-0.3, -0.25) is 4.98 Å². The van der Waals surface area contributed by atoms with Gasteiger partial charge >= 0.3 is 0 Å². The van der Waals surface area contributed by atoms with Gasteiger partial charge in [0.05, 0.1) is 10.6 Å². The summed E-state index contributed by atoms with van der Waals surface area (Å²) in [6.45, 7) is 0. The largest absolute Gasteiger partial charge is 0.334 e. The van der Waals surface area contributed by atoms with Crippen LogP contribution in [-0.4, -0.2) is 15.1 Å². The van der Waals surface area contributed by atoms with Gasteiger partial charge in [-0.15, -0.1) is 0 Å². The average Bonchev–Trinajstić information content (AvgIpc) is 2.90. The van der Waals surface area contributed by atoms with Crippen LogP contribution in [0.1, 0.15) is 0 Å². The van der Waals surface area contributed by atoms with E-state index in [0.717, 1.165) is 11.1 Å². The van der Waals surface area contributed by atoms with E-state index in [0.29, 0.717) is 16.7 Å². The second-order valence-electron chi connectivity index (χ2n) is 3.64. The first-order valence-corrected chi connectivity index (χ1v) is 5.71. The van der Waals surface area contributed by atoms with Gasteiger partial charge in [-0.25, -0.2) is 0 Å². The number of rotatable bonds is 2. The maximum atomic E-state index is 6.08. The Labute approximate surface area is 108 Å². The molecular weight excluding hydrogens is 250 g/mol.